The van der Waals surface area contributed by atoms with E-state index in [1.165, 1.54) is 22.5 Å². The second-order valence-corrected chi connectivity index (χ2v) is 8.87. The number of hydrogen-bond acceptors (Lipinski definition) is 4. The summed E-state index contributed by atoms with van der Waals surface area (Å²) in [7, 11) is 0. The Kier molecular flexibility index (Phi) is 4.99. The molecule has 0 atom stereocenters. The van der Waals surface area contributed by atoms with E-state index in [1.54, 1.807) is 13.8 Å². The second kappa shape index (κ2) is 7.34. The summed E-state index contributed by atoms with van der Waals surface area (Å²) >= 11 is 0. The number of fused-ring (bicyclic) bond motifs is 2. The van der Waals surface area contributed by atoms with Gasteiger partial charge in [0.2, 0.25) is 0 Å². The van der Waals surface area contributed by atoms with Crippen molar-refractivity contribution >= 4 is 17.7 Å². The van der Waals surface area contributed by atoms with E-state index in [0.29, 0.717) is 6.54 Å². The maximum Gasteiger partial charge on any atom is 0.310 e. The number of carbonyl (C=O) groups is 1. The average molecular weight is 395 g/mol. The third-order valence-electron chi connectivity index (χ3n) is 6.27. The van der Waals surface area contributed by atoms with Crippen LogP contribution in [0.15, 0.2) is 24.3 Å². The van der Waals surface area contributed by atoms with Crippen molar-refractivity contribution in [2.75, 3.05) is 32.7 Å². The third kappa shape index (κ3) is 3.69. The lowest BCUT2D eigenvalue weighted by Crippen LogP contribution is -2.49. The van der Waals surface area contributed by atoms with E-state index in [-0.39, 0.29) is 0 Å². The molecule has 0 unspecified atom stereocenters. The quantitative estimate of drug-likeness (QED) is 0.864. The van der Waals surface area contributed by atoms with Crippen molar-refractivity contribution in [1.29, 1.82) is 0 Å². The maximum absolute atomic E-state index is 11.5. The van der Waals surface area contributed by atoms with E-state index < -0.39 is 11.4 Å². The molecule has 1 fully saturated rings. The molecule has 1 aromatic carbocycles. The summed E-state index contributed by atoms with van der Waals surface area (Å²) in [5, 5.41) is 9.43. The van der Waals surface area contributed by atoms with Gasteiger partial charge in [0.25, 0.3) is 0 Å². The van der Waals surface area contributed by atoms with Crippen LogP contribution in [0.3, 0.4) is 0 Å². The van der Waals surface area contributed by atoms with Crippen molar-refractivity contribution in [2.24, 2.45) is 5.41 Å². The van der Waals surface area contributed by atoms with E-state index in [2.05, 4.69) is 58.6 Å². The van der Waals surface area contributed by atoms with Crippen molar-refractivity contribution in [3.05, 3.63) is 52.6 Å². The minimum Gasteiger partial charge on any atom is -0.481 e. The van der Waals surface area contributed by atoms with Crippen LogP contribution >= 0.6 is 0 Å². The first-order chi connectivity index (χ1) is 13.8. The number of hydrogen-bond donors (Lipinski definition) is 1. The fourth-order valence-electron chi connectivity index (χ4n) is 4.25. The molecule has 1 N–H and O–H groups in total. The second-order valence-electron chi connectivity index (χ2n) is 8.87. The number of piperazine rings is 1. The van der Waals surface area contributed by atoms with Crippen LogP contribution < -0.4 is 0 Å². The van der Waals surface area contributed by atoms with Gasteiger partial charge in [0.1, 0.15) is 0 Å². The molecule has 154 valence electrons. The van der Waals surface area contributed by atoms with Crippen LogP contribution in [-0.2, 0) is 11.3 Å². The predicted octanol–water partition coefficient (Wildman–Crippen LogP) is 3.09. The number of rotatable bonds is 4. The van der Waals surface area contributed by atoms with Gasteiger partial charge in [-0.15, -0.1) is 0 Å². The standard InChI is InChI=1S/C23H30N4O2/c1-16-17(2)27-14-19-8-6-5-7-18(19)13-20(21(27)24-16)26-11-9-25(10-12-26)15-23(3,4)22(28)29/h5-8,13H,9-12,14-15H2,1-4H3,(H,28,29). The highest BCUT2D eigenvalue weighted by Gasteiger charge is 2.32. The fourth-order valence-corrected chi connectivity index (χ4v) is 4.25. The van der Waals surface area contributed by atoms with Crippen LogP contribution in [0.1, 0.15) is 42.2 Å². The Labute approximate surface area is 172 Å². The molecule has 3 heterocycles. The van der Waals surface area contributed by atoms with Crippen LogP contribution in [0, 0.1) is 19.3 Å². The molecule has 0 saturated carbocycles. The molecule has 2 aliphatic heterocycles. The molecule has 6 heteroatoms. The Bertz CT molecular complexity index is 965. The fraction of sp³-hybridized carbons (Fsp3) is 0.478. The Morgan fingerprint density at radius 1 is 1.14 bits per heavy atom. The summed E-state index contributed by atoms with van der Waals surface area (Å²) in [6.45, 7) is 12.7. The van der Waals surface area contributed by atoms with Crippen molar-refractivity contribution in [3.63, 3.8) is 0 Å². The lowest BCUT2D eigenvalue weighted by Gasteiger charge is -2.39. The zero-order valence-corrected chi connectivity index (χ0v) is 17.8. The molecular formula is C23H30N4O2. The zero-order chi connectivity index (χ0) is 20.8. The first kappa shape index (κ1) is 19.7. The molecule has 0 aliphatic carbocycles. The van der Waals surface area contributed by atoms with Crippen molar-refractivity contribution in [2.45, 2.75) is 34.2 Å². The number of benzene rings is 1. The van der Waals surface area contributed by atoms with Gasteiger partial charge in [-0.3, -0.25) is 9.69 Å². The SMILES string of the molecule is Cc1nc2n(c1C)Cc1ccccc1C=C2N1CCN(CC(C)(C)C(=O)O)CC1. The highest BCUT2D eigenvalue weighted by molar-refractivity contribution is 5.80. The van der Waals surface area contributed by atoms with Crippen LogP contribution in [0.2, 0.25) is 0 Å². The van der Waals surface area contributed by atoms with Crippen molar-refractivity contribution < 1.29 is 9.90 Å². The molecule has 0 amide bonds. The summed E-state index contributed by atoms with van der Waals surface area (Å²) < 4.78 is 2.33. The number of aliphatic carboxylic acids is 1. The topological polar surface area (TPSA) is 61.6 Å². The van der Waals surface area contributed by atoms with Crippen LogP contribution in [0.5, 0.6) is 0 Å². The number of imidazole rings is 1. The van der Waals surface area contributed by atoms with E-state index in [9.17, 15) is 9.90 Å². The summed E-state index contributed by atoms with van der Waals surface area (Å²) in [6, 6.07) is 8.55. The molecule has 29 heavy (non-hydrogen) atoms. The van der Waals surface area contributed by atoms with Gasteiger partial charge < -0.3 is 14.6 Å². The van der Waals surface area contributed by atoms with Crippen LogP contribution in [0.4, 0.5) is 0 Å². The Morgan fingerprint density at radius 3 is 2.52 bits per heavy atom. The summed E-state index contributed by atoms with van der Waals surface area (Å²) in [4.78, 5) is 21.1. The lowest BCUT2D eigenvalue weighted by atomic mass is 9.93. The van der Waals surface area contributed by atoms with Gasteiger partial charge >= 0.3 is 5.97 Å². The molecular weight excluding hydrogens is 364 g/mol. The lowest BCUT2D eigenvalue weighted by molar-refractivity contribution is -0.148. The van der Waals surface area contributed by atoms with Gasteiger partial charge in [0, 0.05) is 45.0 Å². The molecule has 0 radical (unpaired) electrons. The molecule has 0 bridgehead atoms. The van der Waals surface area contributed by atoms with Crippen molar-refractivity contribution in [1.82, 2.24) is 19.4 Å². The van der Waals surface area contributed by atoms with E-state index in [0.717, 1.165) is 44.2 Å². The van der Waals surface area contributed by atoms with Gasteiger partial charge in [-0.1, -0.05) is 24.3 Å². The third-order valence-corrected chi connectivity index (χ3v) is 6.27. The zero-order valence-electron chi connectivity index (χ0n) is 17.8. The summed E-state index contributed by atoms with van der Waals surface area (Å²) in [5.74, 6) is 0.298. The smallest absolute Gasteiger partial charge is 0.310 e. The van der Waals surface area contributed by atoms with Gasteiger partial charge in [0.15, 0.2) is 5.82 Å². The van der Waals surface area contributed by atoms with E-state index in [1.807, 2.05) is 0 Å². The molecule has 2 aromatic rings. The minimum absolute atomic E-state index is 0.574. The maximum atomic E-state index is 11.5. The Balaban J connectivity index is 1.61. The first-order valence-corrected chi connectivity index (χ1v) is 10.3. The molecule has 1 aromatic heterocycles. The predicted molar refractivity (Wildman–Crippen MR) is 115 cm³/mol. The van der Waals surface area contributed by atoms with E-state index in [4.69, 9.17) is 4.98 Å². The molecule has 6 nitrogen and oxygen atoms in total. The normalized spacial score (nSPS) is 17.4. The molecule has 0 spiro atoms. The number of carboxylic acid groups (broad SMARTS) is 1. The largest absolute Gasteiger partial charge is 0.481 e. The number of aromatic nitrogens is 2. The highest BCUT2D eigenvalue weighted by Crippen LogP contribution is 2.31. The Morgan fingerprint density at radius 2 is 1.83 bits per heavy atom. The molecule has 1 saturated heterocycles. The van der Waals surface area contributed by atoms with Crippen LogP contribution in [-0.4, -0.2) is 63.2 Å². The first-order valence-electron chi connectivity index (χ1n) is 10.3. The molecule has 4 rings (SSSR count). The van der Waals surface area contributed by atoms with Gasteiger partial charge in [-0.2, -0.15) is 0 Å². The number of nitrogens with zero attached hydrogens (tertiary/aromatic N) is 4. The Hall–Kier alpha value is -2.60. The highest BCUT2D eigenvalue weighted by atomic mass is 16.4. The average Bonchev–Trinajstić information content (AvgIpc) is 2.86. The van der Waals surface area contributed by atoms with Gasteiger partial charge in [-0.05, 0) is 44.9 Å². The minimum atomic E-state index is -0.740. The number of aryl methyl sites for hydroxylation is 1. The number of carboxylic acids is 1. The van der Waals surface area contributed by atoms with Gasteiger partial charge in [0.05, 0.1) is 16.8 Å². The monoisotopic (exact) mass is 394 g/mol. The summed E-state index contributed by atoms with van der Waals surface area (Å²) in [5.41, 5.74) is 5.29. The van der Waals surface area contributed by atoms with Crippen molar-refractivity contribution in [3.8, 4) is 0 Å². The summed E-state index contributed by atoms with van der Waals surface area (Å²) in [6.07, 6.45) is 2.27. The molecule has 2 aliphatic rings. The van der Waals surface area contributed by atoms with Crippen LogP contribution in [0.25, 0.3) is 11.8 Å². The van der Waals surface area contributed by atoms with Gasteiger partial charge in [-0.25, -0.2) is 4.98 Å². The van der Waals surface area contributed by atoms with E-state index >= 15 is 0 Å².